The van der Waals surface area contributed by atoms with Crippen molar-refractivity contribution in [2.45, 2.75) is 6.92 Å². The Balaban J connectivity index is 2.97. The molecule has 0 unspecified atom stereocenters. The summed E-state index contributed by atoms with van der Waals surface area (Å²) in [5.74, 6) is 0.296. The molecule has 5 heteroatoms. The fourth-order valence-electron chi connectivity index (χ4n) is 1.45. The van der Waals surface area contributed by atoms with Crippen molar-refractivity contribution in [2.24, 2.45) is 14.1 Å². The lowest BCUT2D eigenvalue weighted by atomic mass is 10.5. The molecule has 0 atom stereocenters. The van der Waals surface area contributed by atoms with Crippen LogP contribution in [0.5, 0.6) is 5.88 Å². The van der Waals surface area contributed by atoms with Crippen LogP contribution in [0.4, 0.5) is 0 Å². The molecule has 2 heterocycles. The maximum atomic E-state index is 11.4. The molecule has 0 aliphatic carbocycles. The molecule has 2 rings (SSSR count). The van der Waals surface area contributed by atoms with Crippen molar-refractivity contribution in [3.05, 3.63) is 12.2 Å². The van der Waals surface area contributed by atoms with Gasteiger partial charge in [0.05, 0.1) is 14.1 Å². The first-order chi connectivity index (χ1) is 6.09. The van der Waals surface area contributed by atoms with E-state index in [9.17, 15) is 5.11 Å². The second kappa shape index (κ2) is 2.42. The van der Waals surface area contributed by atoms with Crippen LogP contribution < -0.4 is 9.67 Å². The van der Waals surface area contributed by atoms with Gasteiger partial charge in [0.15, 0.2) is 11.8 Å². The van der Waals surface area contributed by atoms with Crippen molar-refractivity contribution >= 4 is 11.2 Å². The highest BCUT2D eigenvalue weighted by molar-refractivity contribution is 5.72. The number of hydrogen-bond acceptors (Lipinski definition) is 3. The fourth-order valence-corrected chi connectivity index (χ4v) is 1.45. The van der Waals surface area contributed by atoms with Gasteiger partial charge in [-0.1, -0.05) is 4.98 Å². The molecule has 0 aromatic carbocycles. The van der Waals surface area contributed by atoms with Gasteiger partial charge in [-0.25, -0.2) is 9.55 Å². The minimum Gasteiger partial charge on any atom is -0.856 e. The average molecular weight is 178 g/mol. The highest BCUT2D eigenvalue weighted by atomic mass is 16.3. The molecule has 0 aliphatic rings. The van der Waals surface area contributed by atoms with Crippen molar-refractivity contribution in [3.8, 4) is 5.88 Å². The average Bonchev–Trinajstić information content (AvgIpc) is 2.27. The van der Waals surface area contributed by atoms with Gasteiger partial charge in [-0.2, -0.15) is 0 Å². The molecule has 0 aliphatic heterocycles. The van der Waals surface area contributed by atoms with Gasteiger partial charge in [-0.15, -0.1) is 0 Å². The first-order valence-corrected chi connectivity index (χ1v) is 3.96. The topological polar surface area (TPSA) is 57.7 Å². The van der Waals surface area contributed by atoms with E-state index in [-0.39, 0.29) is 5.88 Å². The summed E-state index contributed by atoms with van der Waals surface area (Å²) in [7, 11) is 3.66. The molecule has 0 fully saturated rings. The van der Waals surface area contributed by atoms with E-state index in [1.54, 1.807) is 17.8 Å². The quantitative estimate of drug-likeness (QED) is 0.495. The molecule has 2 aromatic heterocycles. The van der Waals surface area contributed by atoms with Crippen LogP contribution >= 0.6 is 0 Å². The van der Waals surface area contributed by atoms with Crippen LogP contribution in [0.15, 0.2) is 6.33 Å². The predicted molar refractivity (Wildman–Crippen MR) is 43.9 cm³/mol. The number of fused-ring (bicyclic) bond motifs is 1. The van der Waals surface area contributed by atoms with Gasteiger partial charge in [-0.05, 0) is 0 Å². The number of aromatic nitrogens is 4. The maximum Gasteiger partial charge on any atom is 0.304 e. The third kappa shape index (κ3) is 1.04. The summed E-state index contributed by atoms with van der Waals surface area (Å²) in [6.07, 6.45) is 1.81. The second-order valence-corrected chi connectivity index (χ2v) is 3.09. The zero-order chi connectivity index (χ0) is 9.59. The summed E-state index contributed by atoms with van der Waals surface area (Å²) in [6, 6.07) is 0. The first kappa shape index (κ1) is 7.97. The van der Waals surface area contributed by atoms with Gasteiger partial charge in [0.25, 0.3) is 0 Å². The summed E-state index contributed by atoms with van der Waals surface area (Å²) >= 11 is 0. The fraction of sp³-hybridized carbons (Fsp3) is 0.375. The zero-order valence-corrected chi connectivity index (χ0v) is 7.77. The Bertz CT molecular complexity index is 474. The zero-order valence-electron chi connectivity index (χ0n) is 7.77. The highest BCUT2D eigenvalue weighted by Gasteiger charge is 2.13. The van der Waals surface area contributed by atoms with Gasteiger partial charge in [0.1, 0.15) is 0 Å². The highest BCUT2D eigenvalue weighted by Crippen LogP contribution is 2.14. The SMILES string of the molecule is Cc1nc([O-])c2c(n1)[n+](C)cn2C. The van der Waals surface area contributed by atoms with E-state index >= 15 is 0 Å². The molecule has 0 spiro atoms. The summed E-state index contributed by atoms with van der Waals surface area (Å²) < 4.78 is 3.54. The molecule has 13 heavy (non-hydrogen) atoms. The third-order valence-electron chi connectivity index (χ3n) is 1.98. The molecule has 68 valence electrons. The minimum atomic E-state index is -0.217. The molecular formula is C8H10N4O. The Kier molecular flexibility index (Phi) is 1.48. The van der Waals surface area contributed by atoms with E-state index in [1.807, 2.05) is 18.7 Å². The number of nitrogens with zero attached hydrogens (tertiary/aromatic N) is 4. The normalized spacial score (nSPS) is 11.0. The molecule has 0 amide bonds. The van der Waals surface area contributed by atoms with Gasteiger partial charge >= 0.3 is 5.65 Å². The van der Waals surface area contributed by atoms with Crippen LogP contribution in [-0.2, 0) is 14.1 Å². The predicted octanol–water partition coefficient (Wildman–Crippen LogP) is -0.825. The van der Waals surface area contributed by atoms with Crippen LogP contribution in [-0.4, -0.2) is 14.5 Å². The molecular weight excluding hydrogens is 168 g/mol. The molecule has 2 aromatic rings. The van der Waals surface area contributed by atoms with E-state index in [4.69, 9.17) is 0 Å². The van der Waals surface area contributed by atoms with Crippen molar-refractivity contribution in [2.75, 3.05) is 0 Å². The van der Waals surface area contributed by atoms with Crippen molar-refractivity contribution in [1.82, 2.24) is 14.5 Å². The maximum absolute atomic E-state index is 11.4. The van der Waals surface area contributed by atoms with Gasteiger partial charge < -0.3 is 5.11 Å². The number of hydrogen-bond donors (Lipinski definition) is 0. The number of imidazole rings is 1. The lowest BCUT2D eigenvalue weighted by Crippen LogP contribution is -2.26. The lowest BCUT2D eigenvalue weighted by Gasteiger charge is -2.02. The number of aryl methyl sites for hydroxylation is 3. The molecule has 0 radical (unpaired) electrons. The Morgan fingerprint density at radius 1 is 1.46 bits per heavy atom. The van der Waals surface area contributed by atoms with Crippen LogP contribution in [0.2, 0.25) is 0 Å². The number of rotatable bonds is 0. The minimum absolute atomic E-state index is 0.217. The van der Waals surface area contributed by atoms with E-state index in [0.29, 0.717) is 17.0 Å². The molecule has 0 saturated carbocycles. The largest absolute Gasteiger partial charge is 0.856 e. The van der Waals surface area contributed by atoms with Gasteiger partial charge in [-0.3, -0.25) is 4.57 Å². The first-order valence-electron chi connectivity index (χ1n) is 3.96. The Labute approximate surface area is 75.3 Å². The molecule has 5 nitrogen and oxygen atoms in total. The van der Waals surface area contributed by atoms with E-state index in [0.717, 1.165) is 0 Å². The van der Waals surface area contributed by atoms with Crippen molar-refractivity contribution in [3.63, 3.8) is 0 Å². The monoisotopic (exact) mass is 178 g/mol. The third-order valence-corrected chi connectivity index (χ3v) is 1.98. The van der Waals surface area contributed by atoms with Crippen molar-refractivity contribution < 1.29 is 9.67 Å². The standard InChI is InChI=1S/C8H10N4O/c1-5-9-7-6(8(13)10-5)11(2)4-12(7)3/h4H,1-3H3. The smallest absolute Gasteiger partial charge is 0.304 e. The van der Waals surface area contributed by atoms with E-state index in [2.05, 4.69) is 9.97 Å². The van der Waals surface area contributed by atoms with Crippen molar-refractivity contribution in [1.29, 1.82) is 0 Å². The summed E-state index contributed by atoms with van der Waals surface area (Å²) in [5, 5.41) is 11.4. The summed E-state index contributed by atoms with van der Waals surface area (Å²) in [6.45, 7) is 1.72. The summed E-state index contributed by atoms with van der Waals surface area (Å²) in [5.41, 5.74) is 1.23. The summed E-state index contributed by atoms with van der Waals surface area (Å²) in [4.78, 5) is 7.96. The Morgan fingerprint density at radius 2 is 2.15 bits per heavy atom. The second-order valence-electron chi connectivity index (χ2n) is 3.09. The Hall–Kier alpha value is -1.65. The Morgan fingerprint density at radius 3 is 2.85 bits per heavy atom. The van der Waals surface area contributed by atoms with Crippen LogP contribution in [0, 0.1) is 6.92 Å². The van der Waals surface area contributed by atoms with Crippen LogP contribution in [0.1, 0.15) is 5.82 Å². The van der Waals surface area contributed by atoms with Gasteiger partial charge in [0.2, 0.25) is 5.82 Å². The molecule has 0 saturated heterocycles. The van der Waals surface area contributed by atoms with Gasteiger partial charge in [0, 0.05) is 12.8 Å². The lowest BCUT2D eigenvalue weighted by molar-refractivity contribution is -0.647. The van der Waals surface area contributed by atoms with Crippen LogP contribution in [0.3, 0.4) is 0 Å². The molecule has 0 N–H and O–H groups in total. The van der Waals surface area contributed by atoms with E-state index < -0.39 is 0 Å². The van der Waals surface area contributed by atoms with E-state index in [1.165, 1.54) is 0 Å². The van der Waals surface area contributed by atoms with Crippen LogP contribution in [0.25, 0.3) is 11.2 Å². The molecule has 0 bridgehead atoms.